The van der Waals surface area contributed by atoms with Gasteiger partial charge in [-0.1, -0.05) is 12.1 Å². The molecule has 0 aliphatic heterocycles. The summed E-state index contributed by atoms with van der Waals surface area (Å²) in [4.78, 5) is 4.44. The maximum absolute atomic E-state index is 5.98. The van der Waals surface area contributed by atoms with Gasteiger partial charge >= 0.3 is 0 Å². The molecule has 0 atom stereocenters. The number of aryl methyl sites for hydroxylation is 3. The van der Waals surface area contributed by atoms with Crippen molar-refractivity contribution in [2.24, 2.45) is 5.73 Å². The molecule has 0 saturated heterocycles. The highest BCUT2D eigenvalue weighted by Gasteiger charge is 2.09. The van der Waals surface area contributed by atoms with Gasteiger partial charge in [0.2, 0.25) is 5.88 Å². The van der Waals surface area contributed by atoms with Gasteiger partial charge in [0.25, 0.3) is 0 Å². The van der Waals surface area contributed by atoms with Gasteiger partial charge in [-0.3, -0.25) is 0 Å². The van der Waals surface area contributed by atoms with E-state index in [9.17, 15) is 0 Å². The van der Waals surface area contributed by atoms with E-state index < -0.39 is 0 Å². The summed E-state index contributed by atoms with van der Waals surface area (Å²) in [5.74, 6) is 1.46. The molecule has 0 amide bonds. The monoisotopic (exact) mass is 256 g/mol. The Morgan fingerprint density at radius 2 is 1.84 bits per heavy atom. The van der Waals surface area contributed by atoms with Gasteiger partial charge in [0.05, 0.1) is 0 Å². The van der Waals surface area contributed by atoms with Gasteiger partial charge in [-0.15, -0.1) is 0 Å². The van der Waals surface area contributed by atoms with E-state index in [0.29, 0.717) is 12.4 Å². The largest absolute Gasteiger partial charge is 0.438 e. The van der Waals surface area contributed by atoms with Crippen LogP contribution in [-0.4, -0.2) is 4.98 Å². The maximum Gasteiger partial charge on any atom is 0.223 e. The molecule has 0 unspecified atom stereocenters. The second kappa shape index (κ2) is 5.41. The standard InChI is InChI=1S/C16H20N2O/c1-10-7-11(2)13(4)15(8-10)19-16-14(9-17)6-5-12(3)18-16/h5-8H,9,17H2,1-4H3. The van der Waals surface area contributed by atoms with Crippen LogP contribution in [0.25, 0.3) is 0 Å². The molecule has 2 rings (SSSR count). The summed E-state index contributed by atoms with van der Waals surface area (Å²) in [5.41, 5.74) is 11.1. The molecule has 2 N–H and O–H groups in total. The van der Waals surface area contributed by atoms with Gasteiger partial charge in [0.1, 0.15) is 5.75 Å². The summed E-state index contributed by atoms with van der Waals surface area (Å²) in [6.45, 7) is 8.57. The van der Waals surface area contributed by atoms with Crippen molar-refractivity contribution in [3.8, 4) is 11.6 Å². The SMILES string of the molecule is Cc1cc(C)c(C)c(Oc2nc(C)ccc2CN)c1. The zero-order chi connectivity index (χ0) is 14.0. The van der Waals surface area contributed by atoms with E-state index in [2.05, 4.69) is 31.8 Å². The predicted octanol–water partition coefficient (Wildman–Crippen LogP) is 3.57. The molecular formula is C16H20N2O. The zero-order valence-corrected chi connectivity index (χ0v) is 11.9. The summed E-state index contributed by atoms with van der Waals surface area (Å²) >= 11 is 0. The Labute approximate surface area is 114 Å². The van der Waals surface area contributed by atoms with Crippen LogP contribution in [0.3, 0.4) is 0 Å². The van der Waals surface area contributed by atoms with Crippen LogP contribution in [0.15, 0.2) is 24.3 Å². The molecule has 0 fully saturated rings. The third-order valence-electron chi connectivity index (χ3n) is 3.27. The topological polar surface area (TPSA) is 48.1 Å². The van der Waals surface area contributed by atoms with Gasteiger partial charge in [0.15, 0.2) is 0 Å². The first-order valence-electron chi connectivity index (χ1n) is 6.43. The number of rotatable bonds is 3. The summed E-state index contributed by atoms with van der Waals surface area (Å²) in [5, 5.41) is 0. The van der Waals surface area contributed by atoms with Crippen molar-refractivity contribution in [3.63, 3.8) is 0 Å². The Morgan fingerprint density at radius 3 is 2.53 bits per heavy atom. The van der Waals surface area contributed by atoms with Crippen LogP contribution in [0.5, 0.6) is 11.6 Å². The second-order valence-corrected chi connectivity index (χ2v) is 4.93. The molecule has 0 aliphatic rings. The van der Waals surface area contributed by atoms with E-state index in [4.69, 9.17) is 10.5 Å². The number of nitrogens with two attached hydrogens (primary N) is 1. The number of pyridine rings is 1. The van der Waals surface area contributed by atoms with E-state index in [1.54, 1.807) is 0 Å². The Kier molecular flexibility index (Phi) is 3.86. The third-order valence-corrected chi connectivity index (χ3v) is 3.27. The normalized spacial score (nSPS) is 10.6. The zero-order valence-electron chi connectivity index (χ0n) is 11.9. The average Bonchev–Trinajstić information content (AvgIpc) is 2.35. The second-order valence-electron chi connectivity index (χ2n) is 4.93. The molecular weight excluding hydrogens is 236 g/mol. The van der Waals surface area contributed by atoms with Gasteiger partial charge in [-0.25, -0.2) is 4.98 Å². The quantitative estimate of drug-likeness (QED) is 0.913. The Morgan fingerprint density at radius 1 is 1.11 bits per heavy atom. The Bertz CT molecular complexity index is 606. The number of nitrogens with zero attached hydrogens (tertiary/aromatic N) is 1. The lowest BCUT2D eigenvalue weighted by molar-refractivity contribution is 0.451. The smallest absolute Gasteiger partial charge is 0.223 e. The fraction of sp³-hybridized carbons (Fsp3) is 0.312. The molecule has 0 saturated carbocycles. The van der Waals surface area contributed by atoms with Crippen molar-refractivity contribution in [1.29, 1.82) is 0 Å². The Hall–Kier alpha value is -1.87. The fourth-order valence-corrected chi connectivity index (χ4v) is 2.02. The lowest BCUT2D eigenvalue weighted by Crippen LogP contribution is -2.03. The molecule has 100 valence electrons. The molecule has 3 nitrogen and oxygen atoms in total. The first kappa shape index (κ1) is 13.6. The van der Waals surface area contributed by atoms with Crippen molar-refractivity contribution in [2.45, 2.75) is 34.2 Å². The summed E-state index contributed by atoms with van der Waals surface area (Å²) < 4.78 is 5.98. The van der Waals surface area contributed by atoms with Crippen molar-refractivity contribution in [2.75, 3.05) is 0 Å². The van der Waals surface area contributed by atoms with Crippen molar-refractivity contribution >= 4 is 0 Å². The summed E-state index contributed by atoms with van der Waals surface area (Å²) in [6.07, 6.45) is 0. The first-order chi connectivity index (χ1) is 9.01. The van der Waals surface area contributed by atoms with Gasteiger partial charge in [-0.05, 0) is 56.5 Å². The summed E-state index contributed by atoms with van der Waals surface area (Å²) in [6, 6.07) is 8.10. The number of hydrogen-bond acceptors (Lipinski definition) is 3. The minimum absolute atomic E-state index is 0.423. The van der Waals surface area contributed by atoms with Crippen LogP contribution in [0.1, 0.15) is 27.9 Å². The van der Waals surface area contributed by atoms with Crippen LogP contribution < -0.4 is 10.5 Å². The van der Waals surface area contributed by atoms with Crippen molar-refractivity contribution in [3.05, 3.63) is 52.2 Å². The maximum atomic E-state index is 5.98. The highest BCUT2D eigenvalue weighted by Crippen LogP contribution is 2.29. The molecule has 0 spiro atoms. The molecule has 1 aromatic heterocycles. The molecule has 3 heteroatoms. The minimum atomic E-state index is 0.423. The molecule has 1 heterocycles. The number of ether oxygens (including phenoxy) is 1. The van der Waals surface area contributed by atoms with Crippen molar-refractivity contribution in [1.82, 2.24) is 4.98 Å². The van der Waals surface area contributed by atoms with E-state index in [0.717, 1.165) is 22.6 Å². The fourth-order valence-electron chi connectivity index (χ4n) is 2.02. The lowest BCUT2D eigenvalue weighted by Gasteiger charge is -2.14. The first-order valence-corrected chi connectivity index (χ1v) is 6.43. The van der Waals surface area contributed by atoms with Crippen LogP contribution in [-0.2, 0) is 6.54 Å². The van der Waals surface area contributed by atoms with Crippen LogP contribution in [0.4, 0.5) is 0 Å². The molecule has 19 heavy (non-hydrogen) atoms. The molecule has 0 aliphatic carbocycles. The van der Waals surface area contributed by atoms with Crippen LogP contribution in [0.2, 0.25) is 0 Å². The van der Waals surface area contributed by atoms with E-state index in [1.807, 2.05) is 25.1 Å². The van der Waals surface area contributed by atoms with Gasteiger partial charge < -0.3 is 10.5 Å². The average molecular weight is 256 g/mol. The predicted molar refractivity (Wildman–Crippen MR) is 77.6 cm³/mol. The lowest BCUT2D eigenvalue weighted by atomic mass is 10.1. The van der Waals surface area contributed by atoms with Crippen LogP contribution >= 0.6 is 0 Å². The molecule has 1 aromatic carbocycles. The van der Waals surface area contributed by atoms with E-state index in [-0.39, 0.29) is 0 Å². The molecule has 0 bridgehead atoms. The Balaban J connectivity index is 2.44. The third kappa shape index (κ3) is 2.93. The highest BCUT2D eigenvalue weighted by molar-refractivity contribution is 5.44. The van der Waals surface area contributed by atoms with E-state index in [1.165, 1.54) is 11.1 Å². The molecule has 0 radical (unpaired) electrons. The van der Waals surface area contributed by atoms with Crippen molar-refractivity contribution < 1.29 is 4.74 Å². The van der Waals surface area contributed by atoms with Gasteiger partial charge in [-0.2, -0.15) is 0 Å². The molecule has 2 aromatic rings. The number of benzene rings is 1. The minimum Gasteiger partial charge on any atom is -0.438 e. The van der Waals surface area contributed by atoms with Crippen LogP contribution in [0, 0.1) is 27.7 Å². The number of aromatic nitrogens is 1. The summed E-state index contributed by atoms with van der Waals surface area (Å²) in [7, 11) is 0. The number of hydrogen-bond donors (Lipinski definition) is 1. The van der Waals surface area contributed by atoms with Gasteiger partial charge in [0, 0.05) is 17.8 Å². The highest BCUT2D eigenvalue weighted by atomic mass is 16.5. The van der Waals surface area contributed by atoms with E-state index >= 15 is 0 Å².